The van der Waals surface area contributed by atoms with Gasteiger partial charge in [-0.15, -0.1) is 5.10 Å². The lowest BCUT2D eigenvalue weighted by molar-refractivity contribution is 0.102. The maximum absolute atomic E-state index is 13.0. The SMILES string of the molecule is CSCc1nnc(NC(=O)c2ccc(S(=O)(=O)N3CCc4ccccc4C3)cc2)o1. The molecule has 10 heteroatoms. The fourth-order valence-electron chi connectivity index (χ4n) is 3.26. The molecule has 0 saturated heterocycles. The van der Waals surface area contributed by atoms with Gasteiger partial charge in [0.15, 0.2) is 0 Å². The summed E-state index contributed by atoms with van der Waals surface area (Å²) in [6.07, 6.45) is 2.58. The van der Waals surface area contributed by atoms with Gasteiger partial charge in [-0.05, 0) is 48.1 Å². The topological polar surface area (TPSA) is 105 Å². The number of anilines is 1. The van der Waals surface area contributed by atoms with Crippen LogP contribution in [-0.4, -0.2) is 41.6 Å². The number of fused-ring (bicyclic) bond motifs is 1. The van der Waals surface area contributed by atoms with E-state index in [1.165, 1.54) is 45.9 Å². The minimum absolute atomic E-state index is 0.00716. The number of thioether (sulfide) groups is 1. The Morgan fingerprint density at radius 3 is 2.60 bits per heavy atom. The second-order valence-corrected chi connectivity index (χ2v) is 9.57. The van der Waals surface area contributed by atoms with E-state index < -0.39 is 15.9 Å². The summed E-state index contributed by atoms with van der Waals surface area (Å²) in [5, 5.41) is 10.1. The number of benzene rings is 2. The van der Waals surface area contributed by atoms with Gasteiger partial charge in [0.1, 0.15) is 0 Å². The average Bonchev–Trinajstić information content (AvgIpc) is 3.20. The molecule has 1 aliphatic heterocycles. The third kappa shape index (κ3) is 4.25. The summed E-state index contributed by atoms with van der Waals surface area (Å²) in [6.45, 7) is 0.771. The number of hydrogen-bond acceptors (Lipinski definition) is 7. The summed E-state index contributed by atoms with van der Waals surface area (Å²) in [6, 6.07) is 13.7. The molecule has 0 bridgehead atoms. The predicted molar refractivity (Wildman–Crippen MR) is 114 cm³/mol. The summed E-state index contributed by atoms with van der Waals surface area (Å²) < 4.78 is 32.8. The molecule has 8 nitrogen and oxygen atoms in total. The first-order valence-corrected chi connectivity index (χ1v) is 12.1. The Morgan fingerprint density at radius 1 is 1.13 bits per heavy atom. The Balaban J connectivity index is 1.46. The van der Waals surface area contributed by atoms with E-state index >= 15 is 0 Å². The predicted octanol–water partition coefficient (Wildman–Crippen LogP) is 2.93. The Hall–Kier alpha value is -2.69. The van der Waals surface area contributed by atoms with Crippen LogP contribution in [0.5, 0.6) is 0 Å². The van der Waals surface area contributed by atoms with E-state index in [1.54, 1.807) is 0 Å². The van der Waals surface area contributed by atoms with Crippen molar-refractivity contribution in [3.05, 3.63) is 71.1 Å². The number of hydrogen-bond donors (Lipinski definition) is 1. The lowest BCUT2D eigenvalue weighted by Crippen LogP contribution is -2.35. The highest BCUT2D eigenvalue weighted by Gasteiger charge is 2.28. The van der Waals surface area contributed by atoms with Gasteiger partial charge in [0, 0.05) is 18.7 Å². The van der Waals surface area contributed by atoms with Crippen LogP contribution in [0, 0.1) is 0 Å². The fourth-order valence-corrected chi connectivity index (χ4v) is 5.04. The molecule has 30 heavy (non-hydrogen) atoms. The molecule has 1 aliphatic rings. The highest BCUT2D eigenvalue weighted by molar-refractivity contribution is 7.97. The molecule has 1 aromatic heterocycles. The monoisotopic (exact) mass is 444 g/mol. The van der Waals surface area contributed by atoms with Gasteiger partial charge in [-0.2, -0.15) is 16.1 Å². The largest absolute Gasteiger partial charge is 0.407 e. The van der Waals surface area contributed by atoms with Crippen molar-refractivity contribution in [2.75, 3.05) is 18.1 Å². The lowest BCUT2D eigenvalue weighted by Gasteiger charge is -2.28. The zero-order chi connectivity index (χ0) is 21.1. The van der Waals surface area contributed by atoms with E-state index in [2.05, 4.69) is 15.5 Å². The van der Waals surface area contributed by atoms with Crippen LogP contribution in [0.25, 0.3) is 0 Å². The highest BCUT2D eigenvalue weighted by atomic mass is 32.2. The summed E-state index contributed by atoms with van der Waals surface area (Å²) in [5.74, 6) is 0.517. The Morgan fingerprint density at radius 2 is 1.87 bits per heavy atom. The number of nitrogens with zero attached hydrogens (tertiary/aromatic N) is 3. The second-order valence-electron chi connectivity index (χ2n) is 6.77. The third-order valence-corrected chi connectivity index (χ3v) is 7.20. The third-order valence-electron chi connectivity index (χ3n) is 4.81. The van der Waals surface area contributed by atoms with Gasteiger partial charge < -0.3 is 4.42 Å². The van der Waals surface area contributed by atoms with E-state index in [0.29, 0.717) is 36.7 Å². The van der Waals surface area contributed by atoms with Crippen molar-refractivity contribution in [2.24, 2.45) is 0 Å². The first kappa shape index (κ1) is 20.6. The van der Waals surface area contributed by atoms with Crippen molar-refractivity contribution >= 4 is 33.7 Å². The number of carbonyl (C=O) groups excluding carboxylic acids is 1. The molecule has 0 unspecified atom stereocenters. The molecule has 1 N–H and O–H groups in total. The molecule has 4 rings (SSSR count). The summed E-state index contributed by atoms with van der Waals surface area (Å²) >= 11 is 1.53. The van der Waals surface area contributed by atoms with E-state index in [4.69, 9.17) is 4.42 Å². The van der Waals surface area contributed by atoms with Crippen molar-refractivity contribution in [1.82, 2.24) is 14.5 Å². The lowest BCUT2D eigenvalue weighted by atomic mass is 10.0. The molecule has 2 heterocycles. The van der Waals surface area contributed by atoms with Crippen molar-refractivity contribution in [2.45, 2.75) is 23.6 Å². The van der Waals surface area contributed by atoms with Crippen molar-refractivity contribution < 1.29 is 17.6 Å². The van der Waals surface area contributed by atoms with Gasteiger partial charge in [-0.25, -0.2) is 8.42 Å². The van der Waals surface area contributed by atoms with Crippen molar-refractivity contribution in [3.63, 3.8) is 0 Å². The summed E-state index contributed by atoms with van der Waals surface area (Å²) in [5.41, 5.74) is 2.49. The molecular formula is C20H20N4O4S2. The van der Waals surface area contributed by atoms with Gasteiger partial charge in [0.2, 0.25) is 15.9 Å². The number of rotatable bonds is 6. The van der Waals surface area contributed by atoms with Crippen molar-refractivity contribution in [3.8, 4) is 0 Å². The van der Waals surface area contributed by atoms with Crippen LogP contribution < -0.4 is 5.32 Å². The van der Waals surface area contributed by atoms with E-state index in [-0.39, 0.29) is 10.9 Å². The maximum Gasteiger partial charge on any atom is 0.322 e. The maximum atomic E-state index is 13.0. The minimum Gasteiger partial charge on any atom is -0.407 e. The molecule has 0 atom stereocenters. The first-order chi connectivity index (χ1) is 14.5. The highest BCUT2D eigenvalue weighted by Crippen LogP contribution is 2.25. The van der Waals surface area contributed by atoms with E-state index in [0.717, 1.165) is 5.56 Å². The summed E-state index contributed by atoms with van der Waals surface area (Å²) in [4.78, 5) is 12.5. The standard InChI is InChI=1S/C20H20N4O4S2/c1-29-13-18-22-23-20(28-18)21-19(25)15-6-8-17(9-7-15)30(26,27)24-11-10-14-4-2-3-5-16(14)12-24/h2-9H,10-13H2,1H3,(H,21,23,25). The van der Waals surface area contributed by atoms with Gasteiger partial charge in [-0.3, -0.25) is 10.1 Å². The molecule has 1 amide bonds. The van der Waals surface area contributed by atoms with Crippen LogP contribution in [0.2, 0.25) is 0 Å². The molecule has 0 aliphatic carbocycles. The van der Waals surface area contributed by atoms with E-state index in [9.17, 15) is 13.2 Å². The minimum atomic E-state index is -3.65. The number of sulfonamides is 1. The van der Waals surface area contributed by atoms with Gasteiger partial charge in [-0.1, -0.05) is 29.4 Å². The van der Waals surface area contributed by atoms with Gasteiger partial charge in [0.05, 0.1) is 10.6 Å². The Labute approximate surface area is 178 Å². The molecule has 0 saturated carbocycles. The van der Waals surface area contributed by atoms with Crippen LogP contribution >= 0.6 is 11.8 Å². The number of aromatic nitrogens is 2. The molecule has 0 spiro atoms. The number of amides is 1. The van der Waals surface area contributed by atoms with Crippen LogP contribution in [0.15, 0.2) is 57.8 Å². The number of carbonyl (C=O) groups is 1. The van der Waals surface area contributed by atoms with Gasteiger partial charge >= 0.3 is 6.01 Å². The van der Waals surface area contributed by atoms with Crippen LogP contribution in [0.4, 0.5) is 6.01 Å². The molecule has 0 fully saturated rings. The van der Waals surface area contributed by atoms with Crippen LogP contribution in [-0.2, 0) is 28.7 Å². The second kappa shape index (κ2) is 8.58. The summed E-state index contributed by atoms with van der Waals surface area (Å²) in [7, 11) is -3.65. The fraction of sp³-hybridized carbons (Fsp3) is 0.250. The molecular weight excluding hydrogens is 424 g/mol. The Bertz CT molecular complexity index is 1160. The van der Waals surface area contributed by atoms with Crippen LogP contribution in [0.3, 0.4) is 0 Å². The number of nitrogens with one attached hydrogen (secondary N) is 1. The smallest absolute Gasteiger partial charge is 0.322 e. The first-order valence-electron chi connectivity index (χ1n) is 9.27. The van der Waals surface area contributed by atoms with Crippen molar-refractivity contribution in [1.29, 1.82) is 0 Å². The Kier molecular flexibility index (Phi) is 5.89. The quantitative estimate of drug-likeness (QED) is 0.623. The normalized spacial score (nSPS) is 14.3. The molecule has 2 aromatic carbocycles. The molecule has 156 valence electrons. The zero-order valence-electron chi connectivity index (χ0n) is 16.2. The van der Waals surface area contributed by atoms with Gasteiger partial charge in [0.25, 0.3) is 5.91 Å². The molecule has 0 radical (unpaired) electrons. The van der Waals surface area contributed by atoms with Crippen LogP contribution in [0.1, 0.15) is 27.4 Å². The van der Waals surface area contributed by atoms with E-state index in [1.807, 2.05) is 30.5 Å². The average molecular weight is 445 g/mol. The molecule has 3 aromatic rings. The zero-order valence-corrected chi connectivity index (χ0v) is 17.9.